The molecule has 0 aromatic rings. The highest BCUT2D eigenvalue weighted by atomic mass is 16.5. The largest absolute Gasteiger partial charge is 0.466 e. The van der Waals surface area contributed by atoms with E-state index in [0.29, 0.717) is 13.0 Å². The fraction of sp³-hybridized carbons (Fsp3) is 0.943. The van der Waals surface area contributed by atoms with E-state index in [1.165, 1.54) is 283 Å². The van der Waals surface area contributed by atoms with E-state index in [9.17, 15) is 4.79 Å². The van der Waals surface area contributed by atoms with Crippen LogP contribution in [0, 0.1) is 0 Å². The average molecular weight is 773 g/mol. The van der Waals surface area contributed by atoms with Gasteiger partial charge < -0.3 is 4.74 Å². The van der Waals surface area contributed by atoms with Gasteiger partial charge in [-0.15, -0.1) is 0 Å². The molecule has 328 valence electrons. The maximum Gasteiger partial charge on any atom is 0.305 e. The fourth-order valence-corrected chi connectivity index (χ4v) is 8.25. The van der Waals surface area contributed by atoms with Crippen molar-refractivity contribution in [2.45, 2.75) is 316 Å². The van der Waals surface area contributed by atoms with Gasteiger partial charge in [0, 0.05) is 6.42 Å². The summed E-state index contributed by atoms with van der Waals surface area (Å²) in [6, 6.07) is 0. The number of allylic oxidation sites excluding steroid dienone is 2. The zero-order valence-electron chi connectivity index (χ0n) is 38.4. The molecule has 0 atom stereocenters. The van der Waals surface area contributed by atoms with E-state index in [2.05, 4.69) is 26.0 Å². The normalized spacial score (nSPS) is 11.7. The summed E-state index contributed by atoms with van der Waals surface area (Å²) in [5.74, 6) is 0.0262. The van der Waals surface area contributed by atoms with Crippen LogP contribution in [0.25, 0.3) is 0 Å². The Morgan fingerprint density at radius 3 is 0.782 bits per heavy atom. The standard InChI is InChI=1S/C53H104O2/c1-3-5-7-9-11-13-15-17-19-21-22-23-24-25-26-27-28-29-30-31-32-33-34-35-36-37-39-41-43-45-47-49-51-53(54)55-52-50-48-46-44-42-40-38-20-18-16-14-12-10-8-6-4-2/h18,20H,3-17,19,21-52H2,1-2H3/b20-18+. The highest BCUT2D eigenvalue weighted by Gasteiger charge is 2.03. The van der Waals surface area contributed by atoms with Crippen molar-refractivity contribution in [2.75, 3.05) is 6.61 Å². The van der Waals surface area contributed by atoms with E-state index < -0.39 is 0 Å². The molecule has 0 heterocycles. The number of unbranched alkanes of at least 4 members (excludes halogenated alkanes) is 43. The number of carbonyl (C=O) groups excluding carboxylic acids is 1. The van der Waals surface area contributed by atoms with Gasteiger partial charge in [-0.05, 0) is 38.5 Å². The van der Waals surface area contributed by atoms with Gasteiger partial charge in [0.2, 0.25) is 0 Å². The molecule has 0 aromatic heterocycles. The van der Waals surface area contributed by atoms with Gasteiger partial charge in [-0.25, -0.2) is 0 Å². The van der Waals surface area contributed by atoms with Crippen LogP contribution in [0.2, 0.25) is 0 Å². The van der Waals surface area contributed by atoms with Crippen molar-refractivity contribution < 1.29 is 9.53 Å². The Bertz CT molecular complexity index is 713. The van der Waals surface area contributed by atoms with Crippen LogP contribution >= 0.6 is 0 Å². The molecule has 0 amide bonds. The second-order valence-electron chi connectivity index (χ2n) is 17.9. The molecule has 0 saturated carbocycles. The summed E-state index contributed by atoms with van der Waals surface area (Å²) in [5.41, 5.74) is 0. The molecule has 0 aliphatic carbocycles. The summed E-state index contributed by atoms with van der Waals surface area (Å²) >= 11 is 0. The van der Waals surface area contributed by atoms with Gasteiger partial charge in [-0.3, -0.25) is 4.79 Å². The zero-order chi connectivity index (χ0) is 39.6. The first kappa shape index (κ1) is 54.2. The molecule has 0 rings (SSSR count). The summed E-state index contributed by atoms with van der Waals surface area (Å²) in [7, 11) is 0. The molecular formula is C53H104O2. The minimum atomic E-state index is 0.0262. The van der Waals surface area contributed by atoms with Crippen LogP contribution in [0.3, 0.4) is 0 Å². The van der Waals surface area contributed by atoms with Crippen LogP contribution in [-0.2, 0) is 9.53 Å². The predicted octanol–water partition coefficient (Wildman–Crippen LogP) is 19.5. The Morgan fingerprint density at radius 2 is 0.509 bits per heavy atom. The van der Waals surface area contributed by atoms with E-state index in [1.807, 2.05) is 0 Å². The van der Waals surface area contributed by atoms with Crippen LogP contribution in [-0.4, -0.2) is 12.6 Å². The molecule has 0 aliphatic heterocycles. The second kappa shape index (κ2) is 51.2. The number of hydrogen-bond acceptors (Lipinski definition) is 2. The maximum absolute atomic E-state index is 12.0. The second-order valence-corrected chi connectivity index (χ2v) is 17.9. The molecule has 0 bridgehead atoms. The topological polar surface area (TPSA) is 26.3 Å². The van der Waals surface area contributed by atoms with Gasteiger partial charge in [-0.1, -0.05) is 283 Å². The Kier molecular flexibility index (Phi) is 50.5. The third kappa shape index (κ3) is 51.2. The highest BCUT2D eigenvalue weighted by molar-refractivity contribution is 5.69. The first-order chi connectivity index (χ1) is 27.3. The van der Waals surface area contributed by atoms with Crippen LogP contribution in [0.1, 0.15) is 316 Å². The van der Waals surface area contributed by atoms with Crippen molar-refractivity contribution in [2.24, 2.45) is 0 Å². The van der Waals surface area contributed by atoms with E-state index in [4.69, 9.17) is 4.74 Å². The number of hydrogen-bond donors (Lipinski definition) is 0. The Morgan fingerprint density at radius 1 is 0.291 bits per heavy atom. The average Bonchev–Trinajstić information content (AvgIpc) is 3.19. The quantitative estimate of drug-likeness (QED) is 0.0350. The van der Waals surface area contributed by atoms with Crippen molar-refractivity contribution in [3.63, 3.8) is 0 Å². The molecule has 2 heteroatoms. The summed E-state index contributed by atoms with van der Waals surface area (Å²) in [6.45, 7) is 5.22. The molecule has 0 unspecified atom stereocenters. The number of ether oxygens (including phenoxy) is 1. The van der Waals surface area contributed by atoms with Crippen molar-refractivity contribution in [1.29, 1.82) is 0 Å². The summed E-state index contributed by atoms with van der Waals surface area (Å²) in [6.07, 6.45) is 69.4. The van der Waals surface area contributed by atoms with Gasteiger partial charge in [0.05, 0.1) is 6.61 Å². The lowest BCUT2D eigenvalue weighted by molar-refractivity contribution is -0.143. The van der Waals surface area contributed by atoms with Gasteiger partial charge >= 0.3 is 5.97 Å². The molecular weight excluding hydrogens is 669 g/mol. The Labute approximate surface area is 348 Å². The number of carbonyl (C=O) groups is 1. The molecule has 0 N–H and O–H groups in total. The number of rotatable bonds is 49. The lowest BCUT2D eigenvalue weighted by Crippen LogP contribution is -2.05. The predicted molar refractivity (Wildman–Crippen MR) is 248 cm³/mol. The third-order valence-corrected chi connectivity index (χ3v) is 12.2. The third-order valence-electron chi connectivity index (χ3n) is 12.2. The summed E-state index contributed by atoms with van der Waals surface area (Å²) in [4.78, 5) is 12.0. The molecule has 0 aromatic carbocycles. The number of esters is 1. The van der Waals surface area contributed by atoms with Gasteiger partial charge in [0.25, 0.3) is 0 Å². The molecule has 0 saturated heterocycles. The molecule has 0 radical (unpaired) electrons. The zero-order valence-corrected chi connectivity index (χ0v) is 38.4. The van der Waals surface area contributed by atoms with Crippen LogP contribution in [0.4, 0.5) is 0 Å². The Hall–Kier alpha value is -0.790. The lowest BCUT2D eigenvalue weighted by Gasteiger charge is -2.06. The summed E-state index contributed by atoms with van der Waals surface area (Å²) < 4.78 is 5.48. The maximum atomic E-state index is 12.0. The van der Waals surface area contributed by atoms with Gasteiger partial charge in [0.15, 0.2) is 0 Å². The smallest absolute Gasteiger partial charge is 0.305 e. The SMILES string of the molecule is CCCCCCCC/C=C/CCCCCCCCOC(=O)CCCCCCCCCCCCCCCCCCCCCCCCCCCCCCCCCC. The molecule has 2 nitrogen and oxygen atoms in total. The van der Waals surface area contributed by atoms with Crippen LogP contribution < -0.4 is 0 Å². The van der Waals surface area contributed by atoms with E-state index in [1.54, 1.807) is 0 Å². The van der Waals surface area contributed by atoms with E-state index in [0.717, 1.165) is 12.8 Å². The van der Waals surface area contributed by atoms with Gasteiger partial charge in [0.1, 0.15) is 0 Å². The lowest BCUT2D eigenvalue weighted by atomic mass is 10.0. The first-order valence-electron chi connectivity index (χ1n) is 26.1. The molecule has 55 heavy (non-hydrogen) atoms. The van der Waals surface area contributed by atoms with E-state index >= 15 is 0 Å². The van der Waals surface area contributed by atoms with Crippen LogP contribution in [0.15, 0.2) is 12.2 Å². The van der Waals surface area contributed by atoms with Gasteiger partial charge in [-0.2, -0.15) is 0 Å². The van der Waals surface area contributed by atoms with Crippen molar-refractivity contribution >= 4 is 5.97 Å². The minimum absolute atomic E-state index is 0.0262. The molecule has 0 aliphatic rings. The van der Waals surface area contributed by atoms with E-state index in [-0.39, 0.29) is 5.97 Å². The first-order valence-corrected chi connectivity index (χ1v) is 26.1. The van der Waals surface area contributed by atoms with Crippen molar-refractivity contribution in [3.8, 4) is 0 Å². The fourth-order valence-electron chi connectivity index (χ4n) is 8.25. The minimum Gasteiger partial charge on any atom is -0.466 e. The van der Waals surface area contributed by atoms with Crippen LogP contribution in [0.5, 0.6) is 0 Å². The highest BCUT2D eigenvalue weighted by Crippen LogP contribution is 2.17. The van der Waals surface area contributed by atoms with Crippen molar-refractivity contribution in [3.05, 3.63) is 12.2 Å². The van der Waals surface area contributed by atoms with Crippen molar-refractivity contribution in [1.82, 2.24) is 0 Å². The molecule has 0 spiro atoms. The monoisotopic (exact) mass is 773 g/mol. The Balaban J connectivity index is 3.15. The summed E-state index contributed by atoms with van der Waals surface area (Å²) in [5, 5.41) is 0. The molecule has 0 fully saturated rings.